The summed E-state index contributed by atoms with van der Waals surface area (Å²) in [4.78, 5) is 25.0. The summed E-state index contributed by atoms with van der Waals surface area (Å²) in [5.41, 5.74) is 2.73. The van der Waals surface area contributed by atoms with Crippen molar-refractivity contribution in [2.24, 2.45) is 0 Å². The van der Waals surface area contributed by atoms with Crippen molar-refractivity contribution < 1.29 is 14.3 Å². The molecule has 0 bridgehead atoms. The molecule has 0 spiro atoms. The minimum absolute atomic E-state index is 0.0791. The van der Waals surface area contributed by atoms with E-state index >= 15 is 0 Å². The van der Waals surface area contributed by atoms with Crippen molar-refractivity contribution in [3.05, 3.63) is 53.6 Å². The van der Waals surface area contributed by atoms with Gasteiger partial charge in [-0.15, -0.1) is 11.8 Å². The molecule has 2 aromatic rings. The fourth-order valence-electron chi connectivity index (χ4n) is 2.21. The Balaban J connectivity index is 1.81. The van der Waals surface area contributed by atoms with Crippen LogP contribution in [0.5, 0.6) is 5.75 Å². The number of methoxy groups -OCH3 is 1. The summed E-state index contributed by atoms with van der Waals surface area (Å²) in [6.07, 6.45) is 0. The first kappa shape index (κ1) is 18.9. The first-order chi connectivity index (χ1) is 12.0. The third kappa shape index (κ3) is 5.83. The van der Waals surface area contributed by atoms with Crippen molar-refractivity contribution in [3.8, 4) is 5.75 Å². The summed E-state index contributed by atoms with van der Waals surface area (Å²) in [5, 5.41) is 5.39. The molecule has 25 heavy (non-hydrogen) atoms. The zero-order valence-corrected chi connectivity index (χ0v) is 15.4. The Labute approximate surface area is 152 Å². The maximum absolute atomic E-state index is 12.0. The number of hydrogen-bond acceptors (Lipinski definition) is 4. The van der Waals surface area contributed by atoms with Crippen molar-refractivity contribution >= 4 is 29.3 Å². The van der Waals surface area contributed by atoms with Gasteiger partial charge in [0.15, 0.2) is 0 Å². The topological polar surface area (TPSA) is 67.4 Å². The molecule has 2 rings (SSSR count). The van der Waals surface area contributed by atoms with E-state index in [0.717, 1.165) is 16.0 Å². The van der Waals surface area contributed by atoms with Gasteiger partial charge >= 0.3 is 0 Å². The molecule has 2 amide bonds. The highest BCUT2D eigenvalue weighted by atomic mass is 32.2. The summed E-state index contributed by atoms with van der Waals surface area (Å²) in [5.74, 6) is 0.379. The van der Waals surface area contributed by atoms with Crippen LogP contribution in [-0.2, 0) is 9.59 Å². The summed E-state index contributed by atoms with van der Waals surface area (Å²) < 4.78 is 5.22. The van der Waals surface area contributed by atoms with Crippen LogP contribution < -0.4 is 15.4 Å². The van der Waals surface area contributed by atoms with E-state index in [1.807, 2.05) is 50.2 Å². The van der Waals surface area contributed by atoms with Crippen molar-refractivity contribution in [1.29, 1.82) is 0 Å². The van der Waals surface area contributed by atoms with E-state index in [4.69, 9.17) is 4.74 Å². The van der Waals surface area contributed by atoms with Gasteiger partial charge in [0.05, 0.1) is 25.1 Å². The molecular formula is C19H22N2O3S. The van der Waals surface area contributed by atoms with Gasteiger partial charge in [0.1, 0.15) is 5.75 Å². The number of anilines is 1. The highest BCUT2D eigenvalue weighted by Gasteiger charge is 2.10. The molecule has 0 aliphatic rings. The highest BCUT2D eigenvalue weighted by Crippen LogP contribution is 2.25. The van der Waals surface area contributed by atoms with Gasteiger partial charge in [0, 0.05) is 4.90 Å². The molecule has 2 aromatic carbocycles. The van der Waals surface area contributed by atoms with E-state index in [9.17, 15) is 9.59 Å². The molecule has 0 radical (unpaired) electrons. The van der Waals surface area contributed by atoms with Gasteiger partial charge in [-0.05, 0) is 43.2 Å². The van der Waals surface area contributed by atoms with Crippen LogP contribution >= 0.6 is 11.8 Å². The van der Waals surface area contributed by atoms with Crippen molar-refractivity contribution in [2.45, 2.75) is 18.7 Å². The van der Waals surface area contributed by atoms with Gasteiger partial charge in [0.25, 0.3) is 0 Å². The Hall–Kier alpha value is -2.47. The number of benzene rings is 2. The summed E-state index contributed by atoms with van der Waals surface area (Å²) in [6.45, 7) is 3.85. The van der Waals surface area contributed by atoms with Gasteiger partial charge in [-0.1, -0.05) is 24.3 Å². The second-order valence-corrected chi connectivity index (χ2v) is 6.60. The van der Waals surface area contributed by atoms with Crippen molar-refractivity contribution in [1.82, 2.24) is 5.32 Å². The van der Waals surface area contributed by atoms with Crippen LogP contribution in [0.3, 0.4) is 0 Å². The van der Waals surface area contributed by atoms with E-state index in [0.29, 0.717) is 11.4 Å². The van der Waals surface area contributed by atoms with Gasteiger partial charge in [-0.2, -0.15) is 0 Å². The third-order valence-corrected chi connectivity index (χ3v) is 4.70. The standard InChI is InChI=1S/C19H22N2O3S/c1-13-8-9-16(24-3)15(10-13)21-18(22)11-20-19(23)12-25-17-7-5-4-6-14(17)2/h4-10H,11-12H2,1-3H3,(H,20,23)(H,21,22). The fraction of sp³-hybridized carbons (Fsp3) is 0.263. The number of carbonyl (C=O) groups is 2. The number of nitrogens with one attached hydrogen (secondary N) is 2. The number of rotatable bonds is 7. The van der Waals surface area contributed by atoms with E-state index in [1.54, 1.807) is 13.2 Å². The van der Waals surface area contributed by atoms with Crippen molar-refractivity contribution in [2.75, 3.05) is 24.7 Å². The average Bonchev–Trinajstić information content (AvgIpc) is 2.59. The molecule has 0 atom stereocenters. The normalized spacial score (nSPS) is 10.2. The highest BCUT2D eigenvalue weighted by molar-refractivity contribution is 8.00. The molecule has 0 saturated carbocycles. The van der Waals surface area contributed by atoms with Crippen LogP contribution in [0.15, 0.2) is 47.4 Å². The molecule has 0 aliphatic heterocycles. The zero-order valence-electron chi connectivity index (χ0n) is 14.6. The van der Waals surface area contributed by atoms with Crippen LogP contribution in [0.25, 0.3) is 0 Å². The van der Waals surface area contributed by atoms with Crippen LogP contribution in [-0.4, -0.2) is 31.2 Å². The second-order valence-electron chi connectivity index (χ2n) is 5.58. The number of ether oxygens (including phenoxy) is 1. The van der Waals surface area contributed by atoms with Gasteiger partial charge < -0.3 is 15.4 Å². The molecular weight excluding hydrogens is 336 g/mol. The lowest BCUT2D eigenvalue weighted by molar-refractivity contribution is -0.122. The lowest BCUT2D eigenvalue weighted by atomic mass is 10.2. The Morgan fingerprint density at radius 1 is 1.08 bits per heavy atom. The van der Waals surface area contributed by atoms with Gasteiger partial charge in [-0.3, -0.25) is 9.59 Å². The van der Waals surface area contributed by atoms with E-state index in [1.165, 1.54) is 11.8 Å². The average molecular weight is 358 g/mol. The smallest absolute Gasteiger partial charge is 0.243 e. The largest absolute Gasteiger partial charge is 0.495 e. The van der Waals surface area contributed by atoms with Crippen LogP contribution in [0.1, 0.15) is 11.1 Å². The summed E-state index contributed by atoms with van der Waals surface area (Å²) >= 11 is 1.46. The minimum atomic E-state index is -0.293. The van der Waals surface area contributed by atoms with Crippen LogP contribution in [0.2, 0.25) is 0 Å². The number of carbonyl (C=O) groups excluding carboxylic acids is 2. The predicted molar refractivity (Wildman–Crippen MR) is 101 cm³/mol. The molecule has 132 valence electrons. The maximum Gasteiger partial charge on any atom is 0.243 e. The number of thioether (sulfide) groups is 1. The van der Waals surface area contributed by atoms with E-state index < -0.39 is 0 Å². The van der Waals surface area contributed by atoms with E-state index in [-0.39, 0.29) is 24.1 Å². The molecule has 0 aliphatic carbocycles. The van der Waals surface area contributed by atoms with E-state index in [2.05, 4.69) is 10.6 Å². The first-order valence-electron chi connectivity index (χ1n) is 7.89. The molecule has 6 heteroatoms. The molecule has 0 unspecified atom stereocenters. The SMILES string of the molecule is COc1ccc(C)cc1NC(=O)CNC(=O)CSc1ccccc1C. The zero-order chi connectivity index (χ0) is 18.2. The molecule has 5 nitrogen and oxygen atoms in total. The number of hydrogen-bond donors (Lipinski definition) is 2. The quantitative estimate of drug-likeness (QED) is 0.746. The predicted octanol–water partition coefficient (Wildman–Crippen LogP) is 3.16. The molecule has 0 fully saturated rings. The summed E-state index contributed by atoms with van der Waals surface area (Å²) in [6, 6.07) is 13.4. The fourth-order valence-corrected chi connectivity index (χ4v) is 3.06. The second kappa shape index (κ2) is 9.13. The van der Waals surface area contributed by atoms with Crippen molar-refractivity contribution in [3.63, 3.8) is 0 Å². The molecule has 0 saturated heterocycles. The molecule has 0 aromatic heterocycles. The summed E-state index contributed by atoms with van der Waals surface area (Å²) in [7, 11) is 1.55. The monoisotopic (exact) mass is 358 g/mol. The lowest BCUT2D eigenvalue weighted by Crippen LogP contribution is -2.34. The Morgan fingerprint density at radius 2 is 1.84 bits per heavy atom. The lowest BCUT2D eigenvalue weighted by Gasteiger charge is -2.11. The molecule has 0 heterocycles. The van der Waals surface area contributed by atoms with Crippen LogP contribution in [0.4, 0.5) is 5.69 Å². The Bertz CT molecular complexity index is 762. The Kier molecular flexibility index (Phi) is 6.89. The van der Waals surface area contributed by atoms with Crippen LogP contribution in [0, 0.1) is 13.8 Å². The maximum atomic E-state index is 12.0. The molecule has 2 N–H and O–H groups in total. The number of aryl methyl sites for hydroxylation is 2. The van der Waals surface area contributed by atoms with Gasteiger partial charge in [-0.25, -0.2) is 0 Å². The van der Waals surface area contributed by atoms with Gasteiger partial charge in [0.2, 0.25) is 11.8 Å². The third-order valence-electron chi connectivity index (χ3n) is 3.53. The minimum Gasteiger partial charge on any atom is -0.495 e. The number of amides is 2. The Morgan fingerprint density at radius 3 is 2.56 bits per heavy atom. The first-order valence-corrected chi connectivity index (χ1v) is 8.88.